The van der Waals surface area contributed by atoms with Gasteiger partial charge < -0.3 is 14.8 Å². The van der Waals surface area contributed by atoms with Gasteiger partial charge in [0.25, 0.3) is 10.0 Å². The summed E-state index contributed by atoms with van der Waals surface area (Å²) in [5, 5.41) is 16.8. The number of imidazole rings is 1. The first kappa shape index (κ1) is 14.1. The van der Waals surface area contributed by atoms with E-state index in [0.717, 1.165) is 0 Å². The Bertz CT molecular complexity index is 563. The summed E-state index contributed by atoms with van der Waals surface area (Å²) in [5.41, 5.74) is 0. The smallest absolute Gasteiger partial charge is 0.322 e. The fourth-order valence-corrected chi connectivity index (χ4v) is 2.30. The van der Waals surface area contributed by atoms with Gasteiger partial charge in [-0.1, -0.05) is 0 Å². The molecule has 1 heterocycles. The van der Waals surface area contributed by atoms with Crippen molar-refractivity contribution in [3.8, 4) is 0 Å². The second-order valence-electron chi connectivity index (χ2n) is 3.49. The second-order valence-corrected chi connectivity index (χ2v) is 5.15. The number of hydrogen-bond acceptors (Lipinski definition) is 5. The highest BCUT2D eigenvalue weighted by molar-refractivity contribution is 7.89. The molecule has 0 unspecified atom stereocenters. The Morgan fingerprint density at radius 2 is 2.11 bits per heavy atom. The average Bonchev–Trinajstić information content (AvgIpc) is 2.63. The van der Waals surface area contributed by atoms with Crippen LogP contribution in [0.4, 0.5) is 0 Å². The van der Waals surface area contributed by atoms with Crippen molar-refractivity contribution < 1.29 is 28.2 Å². The third kappa shape index (κ3) is 3.53. The summed E-state index contributed by atoms with van der Waals surface area (Å²) < 4.78 is 26.5. The first-order chi connectivity index (χ1) is 8.22. The van der Waals surface area contributed by atoms with Crippen LogP contribution in [0.5, 0.6) is 0 Å². The van der Waals surface area contributed by atoms with Crippen molar-refractivity contribution in [2.24, 2.45) is 7.05 Å². The van der Waals surface area contributed by atoms with Crippen molar-refractivity contribution in [2.45, 2.75) is 17.5 Å². The van der Waals surface area contributed by atoms with E-state index in [2.05, 4.69) is 4.98 Å². The molecule has 1 aromatic rings. The van der Waals surface area contributed by atoms with Crippen LogP contribution in [-0.4, -0.2) is 46.2 Å². The van der Waals surface area contributed by atoms with Gasteiger partial charge in [-0.2, -0.15) is 4.72 Å². The summed E-state index contributed by atoms with van der Waals surface area (Å²) in [6.45, 7) is 0. The average molecular weight is 277 g/mol. The molecule has 0 spiro atoms. The van der Waals surface area contributed by atoms with Crippen molar-refractivity contribution in [1.82, 2.24) is 14.3 Å². The first-order valence-corrected chi connectivity index (χ1v) is 6.15. The summed E-state index contributed by atoms with van der Waals surface area (Å²) in [6, 6.07) is -1.74. The molecule has 100 valence electrons. The van der Waals surface area contributed by atoms with Gasteiger partial charge in [0.15, 0.2) is 5.03 Å². The van der Waals surface area contributed by atoms with E-state index in [9.17, 15) is 18.0 Å². The molecule has 10 heteroatoms. The summed E-state index contributed by atoms with van der Waals surface area (Å²) in [5.74, 6) is -3.00. The SMILES string of the molecule is Cn1cnc(S(=O)(=O)N[C@@H](CC(=O)O)C(=O)O)c1. The van der Waals surface area contributed by atoms with E-state index in [1.807, 2.05) is 0 Å². The molecule has 1 aromatic heterocycles. The fourth-order valence-electron chi connectivity index (χ4n) is 1.13. The second kappa shape index (κ2) is 5.14. The topological polar surface area (TPSA) is 139 Å². The predicted octanol–water partition coefficient (Wildman–Crippen LogP) is -1.37. The van der Waals surface area contributed by atoms with Gasteiger partial charge in [0, 0.05) is 13.2 Å². The van der Waals surface area contributed by atoms with Crippen LogP contribution >= 0.6 is 0 Å². The molecule has 0 saturated carbocycles. The summed E-state index contributed by atoms with van der Waals surface area (Å²) >= 11 is 0. The number of carboxylic acids is 2. The molecule has 0 aliphatic heterocycles. The van der Waals surface area contributed by atoms with Crippen LogP contribution in [0.25, 0.3) is 0 Å². The number of nitrogens with zero attached hydrogens (tertiary/aromatic N) is 2. The number of nitrogens with one attached hydrogen (secondary N) is 1. The van der Waals surface area contributed by atoms with Crippen molar-refractivity contribution in [2.75, 3.05) is 0 Å². The number of rotatable bonds is 6. The van der Waals surface area contributed by atoms with Crippen LogP contribution in [0.15, 0.2) is 17.6 Å². The van der Waals surface area contributed by atoms with E-state index in [0.29, 0.717) is 0 Å². The van der Waals surface area contributed by atoms with Crippen LogP contribution in [0, 0.1) is 0 Å². The van der Waals surface area contributed by atoms with Crippen molar-refractivity contribution in [1.29, 1.82) is 0 Å². The zero-order valence-corrected chi connectivity index (χ0v) is 10.1. The van der Waals surface area contributed by atoms with Gasteiger partial charge >= 0.3 is 11.9 Å². The summed E-state index contributed by atoms with van der Waals surface area (Å²) in [7, 11) is -2.62. The first-order valence-electron chi connectivity index (χ1n) is 4.67. The largest absolute Gasteiger partial charge is 0.481 e. The highest BCUT2D eigenvalue weighted by atomic mass is 32.2. The maximum Gasteiger partial charge on any atom is 0.322 e. The van der Waals surface area contributed by atoms with Crippen LogP contribution < -0.4 is 4.72 Å². The minimum Gasteiger partial charge on any atom is -0.481 e. The number of aliphatic carboxylic acids is 2. The molecule has 0 saturated heterocycles. The number of aryl methyl sites for hydroxylation is 1. The van der Waals surface area contributed by atoms with Gasteiger partial charge in [-0.3, -0.25) is 9.59 Å². The van der Waals surface area contributed by atoms with E-state index in [1.165, 1.54) is 24.1 Å². The van der Waals surface area contributed by atoms with Gasteiger partial charge in [0.1, 0.15) is 6.04 Å². The van der Waals surface area contributed by atoms with Gasteiger partial charge in [-0.15, -0.1) is 0 Å². The van der Waals surface area contributed by atoms with E-state index in [4.69, 9.17) is 10.2 Å². The number of hydrogen-bond donors (Lipinski definition) is 3. The molecule has 1 rings (SSSR count). The van der Waals surface area contributed by atoms with Gasteiger partial charge in [-0.05, 0) is 0 Å². The molecule has 0 aliphatic carbocycles. The molecule has 9 nitrogen and oxygen atoms in total. The van der Waals surface area contributed by atoms with Gasteiger partial charge in [0.05, 0.1) is 12.7 Å². The maximum atomic E-state index is 11.7. The number of carbonyl (C=O) groups is 2. The van der Waals surface area contributed by atoms with E-state index >= 15 is 0 Å². The summed E-state index contributed by atoms with van der Waals surface area (Å²) in [6.07, 6.45) is 1.53. The lowest BCUT2D eigenvalue weighted by Gasteiger charge is -2.11. The Hall–Kier alpha value is -1.94. The lowest BCUT2D eigenvalue weighted by molar-refractivity contribution is -0.145. The molecule has 18 heavy (non-hydrogen) atoms. The zero-order valence-electron chi connectivity index (χ0n) is 9.27. The Balaban J connectivity index is 2.93. The van der Waals surface area contributed by atoms with E-state index in [1.54, 1.807) is 4.72 Å². The standard InChI is InChI=1S/C8H11N3O6S/c1-11-3-6(9-4-11)18(16,17)10-5(8(14)15)2-7(12)13/h3-5,10H,2H2,1H3,(H,12,13)(H,14,15)/t5-/m0/s1. The minimum atomic E-state index is -4.16. The lowest BCUT2D eigenvalue weighted by atomic mass is 10.2. The number of carboxylic acid groups (broad SMARTS) is 2. The molecule has 1 atom stereocenters. The molecule has 0 radical (unpaired) electrons. The Morgan fingerprint density at radius 1 is 1.50 bits per heavy atom. The number of sulfonamides is 1. The molecule has 3 N–H and O–H groups in total. The van der Waals surface area contributed by atoms with Gasteiger partial charge in [0.2, 0.25) is 0 Å². The third-order valence-electron chi connectivity index (χ3n) is 1.93. The Morgan fingerprint density at radius 3 is 2.50 bits per heavy atom. The van der Waals surface area contributed by atoms with Crippen LogP contribution in [0.2, 0.25) is 0 Å². The predicted molar refractivity (Wildman–Crippen MR) is 57.2 cm³/mol. The molecule has 0 fully saturated rings. The summed E-state index contributed by atoms with van der Waals surface area (Å²) in [4.78, 5) is 24.7. The monoisotopic (exact) mass is 277 g/mol. The highest BCUT2D eigenvalue weighted by Gasteiger charge is 2.28. The Kier molecular flexibility index (Phi) is 4.03. The number of aromatic nitrogens is 2. The lowest BCUT2D eigenvalue weighted by Crippen LogP contribution is -2.42. The molecule has 0 aromatic carbocycles. The zero-order chi connectivity index (χ0) is 13.9. The highest BCUT2D eigenvalue weighted by Crippen LogP contribution is 2.06. The quantitative estimate of drug-likeness (QED) is 0.582. The molecular formula is C8H11N3O6S. The van der Waals surface area contributed by atoms with Gasteiger partial charge in [-0.25, -0.2) is 13.4 Å². The third-order valence-corrected chi connectivity index (χ3v) is 3.29. The van der Waals surface area contributed by atoms with Crippen molar-refractivity contribution in [3.05, 3.63) is 12.5 Å². The maximum absolute atomic E-state index is 11.7. The van der Waals surface area contributed by atoms with Crippen LogP contribution in [-0.2, 0) is 26.7 Å². The normalized spacial score (nSPS) is 13.2. The Labute approximate surface area is 102 Å². The van der Waals surface area contributed by atoms with Crippen LogP contribution in [0.3, 0.4) is 0 Å². The fraction of sp³-hybridized carbons (Fsp3) is 0.375. The van der Waals surface area contributed by atoms with Crippen molar-refractivity contribution >= 4 is 22.0 Å². The van der Waals surface area contributed by atoms with E-state index < -0.39 is 34.4 Å². The van der Waals surface area contributed by atoms with Crippen LogP contribution in [0.1, 0.15) is 6.42 Å². The van der Waals surface area contributed by atoms with E-state index in [-0.39, 0.29) is 5.03 Å². The molecule has 0 bridgehead atoms. The minimum absolute atomic E-state index is 0.373. The molecular weight excluding hydrogens is 266 g/mol. The van der Waals surface area contributed by atoms with Crippen molar-refractivity contribution in [3.63, 3.8) is 0 Å². The molecule has 0 aliphatic rings. The molecule has 0 amide bonds.